The maximum Gasteiger partial charge on any atom is 0.180 e. The molecule has 0 saturated carbocycles. The van der Waals surface area contributed by atoms with E-state index in [0.717, 1.165) is 16.7 Å². The van der Waals surface area contributed by atoms with Gasteiger partial charge < -0.3 is 5.32 Å². The van der Waals surface area contributed by atoms with Crippen LogP contribution in [0.3, 0.4) is 0 Å². The van der Waals surface area contributed by atoms with Crippen LogP contribution >= 0.6 is 0 Å². The first kappa shape index (κ1) is 15.7. The minimum atomic E-state index is -3.31. The minimum Gasteiger partial charge on any atom is -0.312 e. The number of rotatable bonds is 5. The van der Waals surface area contributed by atoms with Gasteiger partial charge in [-0.2, -0.15) is 0 Å². The Balaban J connectivity index is 2.33. The van der Waals surface area contributed by atoms with Gasteiger partial charge in [0.15, 0.2) is 9.84 Å². The van der Waals surface area contributed by atoms with Crippen LogP contribution in [0, 0.1) is 13.8 Å². The Morgan fingerprint density at radius 2 is 1.71 bits per heavy atom. The Labute approximate surface area is 126 Å². The van der Waals surface area contributed by atoms with E-state index in [1.807, 2.05) is 32.0 Å². The van der Waals surface area contributed by atoms with E-state index in [1.54, 1.807) is 31.3 Å². The molecule has 21 heavy (non-hydrogen) atoms. The van der Waals surface area contributed by atoms with E-state index in [4.69, 9.17) is 0 Å². The molecule has 0 amide bonds. The molecule has 0 aliphatic carbocycles. The molecule has 2 rings (SSSR count). The van der Waals surface area contributed by atoms with Crippen molar-refractivity contribution in [3.05, 3.63) is 65.2 Å². The lowest BCUT2D eigenvalue weighted by Crippen LogP contribution is -2.26. The van der Waals surface area contributed by atoms with Gasteiger partial charge in [0.05, 0.1) is 10.6 Å². The molecule has 112 valence electrons. The molecule has 1 atom stereocenters. The Bertz CT molecular complexity index is 709. The molecule has 4 heteroatoms. The van der Waals surface area contributed by atoms with Gasteiger partial charge in [-0.3, -0.25) is 0 Å². The first-order valence-electron chi connectivity index (χ1n) is 6.96. The van der Waals surface area contributed by atoms with E-state index in [0.29, 0.717) is 4.90 Å². The van der Waals surface area contributed by atoms with Crippen LogP contribution in [-0.4, -0.2) is 21.2 Å². The van der Waals surface area contributed by atoms with Crippen molar-refractivity contribution in [3.63, 3.8) is 0 Å². The van der Waals surface area contributed by atoms with Crippen molar-refractivity contribution in [1.29, 1.82) is 0 Å². The number of sulfone groups is 1. The highest BCUT2D eigenvalue weighted by molar-refractivity contribution is 7.91. The predicted molar refractivity (Wildman–Crippen MR) is 86.2 cm³/mol. The number of hydrogen-bond donors (Lipinski definition) is 1. The van der Waals surface area contributed by atoms with Crippen molar-refractivity contribution in [2.24, 2.45) is 0 Å². The normalized spacial score (nSPS) is 13.1. The van der Waals surface area contributed by atoms with E-state index in [1.165, 1.54) is 0 Å². The Morgan fingerprint density at radius 3 is 2.33 bits per heavy atom. The van der Waals surface area contributed by atoms with Crippen molar-refractivity contribution in [2.75, 3.05) is 12.8 Å². The van der Waals surface area contributed by atoms with Crippen LogP contribution in [-0.2, 0) is 9.84 Å². The average Bonchev–Trinajstić information content (AvgIpc) is 2.48. The molecule has 2 aromatic rings. The Hall–Kier alpha value is -1.65. The van der Waals surface area contributed by atoms with Crippen LogP contribution in [0.25, 0.3) is 0 Å². The molecule has 1 N–H and O–H groups in total. The monoisotopic (exact) mass is 303 g/mol. The fourth-order valence-corrected chi connectivity index (χ4v) is 3.96. The van der Waals surface area contributed by atoms with Gasteiger partial charge >= 0.3 is 0 Å². The second-order valence-electron chi connectivity index (χ2n) is 5.30. The average molecular weight is 303 g/mol. The third-order valence-electron chi connectivity index (χ3n) is 3.65. The molecule has 0 aliphatic heterocycles. The molecule has 0 spiro atoms. The van der Waals surface area contributed by atoms with Gasteiger partial charge in [-0.25, -0.2) is 8.42 Å². The third kappa shape index (κ3) is 3.71. The predicted octanol–water partition coefficient (Wildman–Crippen LogP) is 3.04. The lowest BCUT2D eigenvalue weighted by Gasteiger charge is -2.19. The molecule has 0 saturated heterocycles. The van der Waals surface area contributed by atoms with Gasteiger partial charge in [0.25, 0.3) is 0 Å². The summed E-state index contributed by atoms with van der Waals surface area (Å²) in [5.74, 6) is 0.0534. The number of benzene rings is 2. The highest BCUT2D eigenvalue weighted by Crippen LogP contribution is 2.23. The molecule has 2 aromatic carbocycles. The van der Waals surface area contributed by atoms with Crippen molar-refractivity contribution in [3.8, 4) is 0 Å². The third-order valence-corrected chi connectivity index (χ3v) is 5.41. The van der Waals surface area contributed by atoms with Gasteiger partial charge in [0, 0.05) is 6.04 Å². The molecule has 0 heterocycles. The molecule has 1 unspecified atom stereocenters. The fraction of sp³-hybridized carbons (Fsp3) is 0.294. The summed E-state index contributed by atoms with van der Waals surface area (Å²) < 4.78 is 25.1. The first-order chi connectivity index (χ1) is 9.94. The maximum absolute atomic E-state index is 12.5. The van der Waals surface area contributed by atoms with Crippen LogP contribution in [0.5, 0.6) is 0 Å². The summed E-state index contributed by atoms with van der Waals surface area (Å²) in [5, 5.41) is 3.13. The highest BCUT2D eigenvalue weighted by atomic mass is 32.2. The Kier molecular flexibility index (Phi) is 4.80. The first-order valence-corrected chi connectivity index (χ1v) is 8.61. The van der Waals surface area contributed by atoms with Gasteiger partial charge in [0.1, 0.15) is 0 Å². The van der Waals surface area contributed by atoms with Crippen molar-refractivity contribution in [2.45, 2.75) is 24.8 Å². The molecule has 3 nitrogen and oxygen atoms in total. The summed E-state index contributed by atoms with van der Waals surface area (Å²) in [6, 6.07) is 14.5. The van der Waals surface area contributed by atoms with Crippen molar-refractivity contribution < 1.29 is 8.42 Å². The summed E-state index contributed by atoms with van der Waals surface area (Å²) >= 11 is 0. The van der Waals surface area contributed by atoms with Gasteiger partial charge in [-0.15, -0.1) is 0 Å². The van der Waals surface area contributed by atoms with E-state index in [9.17, 15) is 8.42 Å². The molecule has 0 bridgehead atoms. The highest BCUT2D eigenvalue weighted by Gasteiger charge is 2.22. The standard InChI is InChI=1S/C17H21NO2S/c1-13-9-10-14(2)16(11-13)17(18-3)12-21(19,20)15-7-5-4-6-8-15/h4-11,17-18H,12H2,1-3H3. The number of nitrogens with one attached hydrogen (secondary N) is 1. The van der Waals surface area contributed by atoms with Crippen LogP contribution in [0.4, 0.5) is 0 Å². The van der Waals surface area contributed by atoms with Crippen molar-refractivity contribution >= 4 is 9.84 Å². The molecular formula is C17H21NO2S. The number of aryl methyl sites for hydroxylation is 2. The zero-order valence-electron chi connectivity index (χ0n) is 12.6. The summed E-state index contributed by atoms with van der Waals surface area (Å²) in [6.07, 6.45) is 0. The SMILES string of the molecule is CNC(CS(=O)(=O)c1ccccc1)c1cc(C)ccc1C. The summed E-state index contributed by atoms with van der Waals surface area (Å²) in [7, 11) is -1.51. The smallest absolute Gasteiger partial charge is 0.180 e. The van der Waals surface area contributed by atoms with Gasteiger partial charge in [-0.1, -0.05) is 42.0 Å². The topological polar surface area (TPSA) is 46.2 Å². The summed E-state index contributed by atoms with van der Waals surface area (Å²) in [5.41, 5.74) is 3.27. The van der Waals surface area contributed by atoms with Crippen LogP contribution in [0.1, 0.15) is 22.7 Å². The minimum absolute atomic E-state index is 0.0534. The quantitative estimate of drug-likeness (QED) is 0.923. The largest absolute Gasteiger partial charge is 0.312 e. The van der Waals surface area contributed by atoms with E-state index < -0.39 is 9.84 Å². The molecular weight excluding hydrogens is 282 g/mol. The van der Waals surface area contributed by atoms with Gasteiger partial charge in [-0.05, 0) is 44.2 Å². The molecule has 0 fully saturated rings. The van der Waals surface area contributed by atoms with Crippen molar-refractivity contribution in [1.82, 2.24) is 5.32 Å². The molecule has 0 radical (unpaired) electrons. The lowest BCUT2D eigenvalue weighted by atomic mass is 10.0. The lowest BCUT2D eigenvalue weighted by molar-refractivity contribution is 0.573. The van der Waals surface area contributed by atoms with Crippen LogP contribution in [0.15, 0.2) is 53.4 Å². The zero-order chi connectivity index (χ0) is 15.5. The molecule has 0 aliphatic rings. The van der Waals surface area contributed by atoms with Crippen LogP contribution in [0.2, 0.25) is 0 Å². The summed E-state index contributed by atoms with van der Waals surface area (Å²) in [6.45, 7) is 4.02. The second-order valence-corrected chi connectivity index (χ2v) is 7.33. The fourth-order valence-electron chi connectivity index (χ4n) is 2.41. The zero-order valence-corrected chi connectivity index (χ0v) is 13.4. The molecule has 0 aromatic heterocycles. The van der Waals surface area contributed by atoms with E-state index in [-0.39, 0.29) is 11.8 Å². The Morgan fingerprint density at radius 1 is 1.05 bits per heavy atom. The maximum atomic E-state index is 12.5. The van der Waals surface area contributed by atoms with Crippen LogP contribution < -0.4 is 5.32 Å². The summed E-state index contributed by atoms with van der Waals surface area (Å²) in [4.78, 5) is 0.371. The van der Waals surface area contributed by atoms with Gasteiger partial charge in [0.2, 0.25) is 0 Å². The van der Waals surface area contributed by atoms with E-state index in [2.05, 4.69) is 11.4 Å². The second kappa shape index (κ2) is 6.41. The van der Waals surface area contributed by atoms with E-state index >= 15 is 0 Å². The number of hydrogen-bond acceptors (Lipinski definition) is 3.